The Morgan fingerprint density at radius 1 is 1.25 bits per heavy atom. The van der Waals surface area contributed by atoms with Crippen molar-refractivity contribution in [2.75, 3.05) is 38.1 Å². The summed E-state index contributed by atoms with van der Waals surface area (Å²) in [6, 6.07) is 2.39. The third-order valence-electron chi connectivity index (χ3n) is 3.29. The van der Waals surface area contributed by atoms with E-state index in [1.54, 1.807) is 4.88 Å². The molecule has 2 nitrogen and oxygen atoms in total. The first-order valence-corrected chi connectivity index (χ1v) is 7.18. The normalized spacial score (nSPS) is 18.0. The summed E-state index contributed by atoms with van der Waals surface area (Å²) in [6.07, 6.45) is 3.87. The van der Waals surface area contributed by atoms with Crippen LogP contribution in [0, 0.1) is 0 Å². The van der Waals surface area contributed by atoms with Crippen molar-refractivity contribution in [1.29, 1.82) is 0 Å². The van der Waals surface area contributed by atoms with Crippen LogP contribution in [-0.4, -0.2) is 38.1 Å². The summed E-state index contributed by atoms with van der Waals surface area (Å²) in [4.78, 5) is 6.48. The minimum atomic E-state index is 1.18. The number of unbranched alkanes of at least 4 members (excludes halogenated alkanes) is 1. The van der Waals surface area contributed by atoms with E-state index < -0.39 is 0 Å². The molecule has 0 atom stereocenters. The lowest BCUT2D eigenvalue weighted by Gasteiger charge is -2.33. The zero-order valence-electron chi connectivity index (χ0n) is 10.4. The van der Waals surface area contributed by atoms with E-state index in [1.165, 1.54) is 51.1 Å². The van der Waals surface area contributed by atoms with Crippen molar-refractivity contribution in [3.63, 3.8) is 0 Å². The average molecular weight is 238 g/mol. The Morgan fingerprint density at radius 3 is 2.69 bits per heavy atom. The number of rotatable bonds is 4. The molecule has 1 aromatic heterocycles. The van der Waals surface area contributed by atoms with Crippen molar-refractivity contribution in [2.24, 2.45) is 0 Å². The van der Waals surface area contributed by atoms with Crippen LogP contribution in [0.5, 0.6) is 0 Å². The molecule has 1 aliphatic heterocycles. The Bertz CT molecular complexity index is 313. The SMILES string of the molecule is CCCCc1cc(N2CCN(C)CC2)cs1. The Kier molecular flexibility index (Phi) is 4.24. The standard InChI is InChI=1S/C13H22N2S/c1-3-4-5-13-10-12(11-16-13)15-8-6-14(2)7-9-15/h10-11H,3-9H2,1-2H3. The van der Waals surface area contributed by atoms with Crippen molar-refractivity contribution in [3.05, 3.63) is 16.3 Å². The minimum absolute atomic E-state index is 1.18. The van der Waals surface area contributed by atoms with Gasteiger partial charge in [0.15, 0.2) is 0 Å². The summed E-state index contributed by atoms with van der Waals surface area (Å²) in [7, 11) is 2.21. The highest BCUT2D eigenvalue weighted by Gasteiger charge is 2.15. The van der Waals surface area contributed by atoms with E-state index in [-0.39, 0.29) is 0 Å². The number of hydrogen-bond acceptors (Lipinski definition) is 3. The first-order valence-electron chi connectivity index (χ1n) is 6.30. The van der Waals surface area contributed by atoms with Gasteiger partial charge in [-0.1, -0.05) is 13.3 Å². The molecule has 0 unspecified atom stereocenters. The molecule has 0 spiro atoms. The van der Waals surface area contributed by atoms with Crippen molar-refractivity contribution in [3.8, 4) is 0 Å². The first-order chi connectivity index (χ1) is 7.79. The molecule has 0 N–H and O–H groups in total. The molecule has 16 heavy (non-hydrogen) atoms. The van der Waals surface area contributed by atoms with Crippen LogP contribution in [0.2, 0.25) is 0 Å². The Balaban J connectivity index is 1.91. The fourth-order valence-electron chi connectivity index (χ4n) is 2.08. The highest BCUT2D eigenvalue weighted by atomic mass is 32.1. The number of hydrogen-bond donors (Lipinski definition) is 0. The predicted molar refractivity (Wildman–Crippen MR) is 72.6 cm³/mol. The van der Waals surface area contributed by atoms with E-state index in [0.717, 1.165) is 0 Å². The molecule has 0 saturated carbocycles. The maximum atomic E-state index is 2.52. The van der Waals surface area contributed by atoms with E-state index in [4.69, 9.17) is 0 Å². The second kappa shape index (κ2) is 5.69. The zero-order valence-corrected chi connectivity index (χ0v) is 11.2. The highest BCUT2D eigenvalue weighted by Crippen LogP contribution is 2.25. The molecule has 1 saturated heterocycles. The molecule has 90 valence electrons. The molecule has 0 radical (unpaired) electrons. The average Bonchev–Trinajstić information content (AvgIpc) is 2.76. The summed E-state index contributed by atoms with van der Waals surface area (Å²) < 4.78 is 0. The maximum Gasteiger partial charge on any atom is 0.0478 e. The van der Waals surface area contributed by atoms with Gasteiger partial charge >= 0.3 is 0 Å². The molecule has 0 aliphatic carbocycles. The van der Waals surface area contributed by atoms with Gasteiger partial charge in [-0.15, -0.1) is 11.3 Å². The molecule has 1 aliphatic rings. The van der Waals surface area contributed by atoms with Crippen LogP contribution in [0.3, 0.4) is 0 Å². The van der Waals surface area contributed by atoms with Crippen LogP contribution >= 0.6 is 11.3 Å². The smallest absolute Gasteiger partial charge is 0.0478 e. The van der Waals surface area contributed by atoms with Crippen LogP contribution in [0.4, 0.5) is 5.69 Å². The number of piperazine rings is 1. The van der Waals surface area contributed by atoms with Crippen LogP contribution in [-0.2, 0) is 6.42 Å². The van der Waals surface area contributed by atoms with Gasteiger partial charge in [-0.3, -0.25) is 0 Å². The van der Waals surface area contributed by atoms with Crippen molar-refractivity contribution in [1.82, 2.24) is 4.90 Å². The number of anilines is 1. The summed E-state index contributed by atoms with van der Waals surface area (Å²) in [6.45, 7) is 7.01. The zero-order chi connectivity index (χ0) is 11.4. The predicted octanol–water partition coefficient (Wildman–Crippen LogP) is 2.84. The van der Waals surface area contributed by atoms with Crippen LogP contribution < -0.4 is 4.90 Å². The Labute approximate surface area is 103 Å². The maximum absolute atomic E-state index is 2.52. The number of nitrogens with zero attached hydrogens (tertiary/aromatic N) is 2. The molecule has 0 amide bonds. The van der Waals surface area contributed by atoms with Gasteiger partial charge in [0.1, 0.15) is 0 Å². The fraction of sp³-hybridized carbons (Fsp3) is 0.692. The third kappa shape index (κ3) is 2.98. The fourth-order valence-corrected chi connectivity index (χ4v) is 3.02. The Hall–Kier alpha value is -0.540. The lowest BCUT2D eigenvalue weighted by Crippen LogP contribution is -2.44. The topological polar surface area (TPSA) is 6.48 Å². The molecule has 2 heterocycles. The number of thiophene rings is 1. The number of aryl methyl sites for hydroxylation is 1. The molecule has 0 bridgehead atoms. The summed E-state index contributed by atoms with van der Waals surface area (Å²) in [5.41, 5.74) is 1.45. The highest BCUT2D eigenvalue weighted by molar-refractivity contribution is 7.10. The molecule has 1 fully saturated rings. The van der Waals surface area contributed by atoms with Crippen molar-refractivity contribution in [2.45, 2.75) is 26.2 Å². The van der Waals surface area contributed by atoms with Gasteiger partial charge in [-0.25, -0.2) is 0 Å². The largest absolute Gasteiger partial charge is 0.368 e. The van der Waals surface area contributed by atoms with Crippen LogP contribution in [0.15, 0.2) is 11.4 Å². The summed E-state index contributed by atoms with van der Waals surface area (Å²) in [5, 5.41) is 2.33. The van der Waals surface area contributed by atoms with Gasteiger partial charge < -0.3 is 9.80 Å². The van der Waals surface area contributed by atoms with Crippen LogP contribution in [0.1, 0.15) is 24.6 Å². The second-order valence-electron chi connectivity index (χ2n) is 4.67. The lowest BCUT2D eigenvalue weighted by molar-refractivity contribution is 0.313. The van der Waals surface area contributed by atoms with Crippen molar-refractivity contribution < 1.29 is 0 Å². The minimum Gasteiger partial charge on any atom is -0.368 e. The molecule has 3 heteroatoms. The molecular formula is C13H22N2S. The van der Waals surface area contributed by atoms with E-state index in [0.29, 0.717) is 0 Å². The van der Waals surface area contributed by atoms with Gasteiger partial charge in [0, 0.05) is 42.1 Å². The summed E-state index contributed by atoms with van der Waals surface area (Å²) in [5.74, 6) is 0. The van der Waals surface area contributed by atoms with E-state index >= 15 is 0 Å². The van der Waals surface area contributed by atoms with Crippen LogP contribution in [0.25, 0.3) is 0 Å². The summed E-state index contributed by atoms with van der Waals surface area (Å²) >= 11 is 1.93. The van der Waals surface area contributed by atoms with Gasteiger partial charge in [0.05, 0.1) is 0 Å². The quantitative estimate of drug-likeness (QED) is 0.796. The van der Waals surface area contributed by atoms with Gasteiger partial charge in [-0.2, -0.15) is 0 Å². The molecule has 2 rings (SSSR count). The van der Waals surface area contributed by atoms with Crippen molar-refractivity contribution >= 4 is 17.0 Å². The van der Waals surface area contributed by atoms with E-state index in [2.05, 4.69) is 35.2 Å². The van der Waals surface area contributed by atoms with E-state index in [1.807, 2.05) is 11.3 Å². The molecule has 0 aromatic carbocycles. The molecule has 1 aromatic rings. The number of likely N-dealkylation sites (N-methyl/N-ethyl adjacent to an activating group) is 1. The third-order valence-corrected chi connectivity index (χ3v) is 4.27. The van der Waals surface area contributed by atoms with Gasteiger partial charge in [-0.05, 0) is 26.0 Å². The lowest BCUT2D eigenvalue weighted by atomic mass is 10.2. The second-order valence-corrected chi connectivity index (χ2v) is 5.66. The monoisotopic (exact) mass is 238 g/mol. The van der Waals surface area contributed by atoms with Gasteiger partial charge in [0.25, 0.3) is 0 Å². The first kappa shape index (κ1) is 11.9. The van der Waals surface area contributed by atoms with E-state index in [9.17, 15) is 0 Å². The Morgan fingerprint density at radius 2 is 2.00 bits per heavy atom. The molecular weight excluding hydrogens is 216 g/mol. The van der Waals surface area contributed by atoms with Gasteiger partial charge in [0.2, 0.25) is 0 Å².